The third-order valence-corrected chi connectivity index (χ3v) is 4.21. The van der Waals surface area contributed by atoms with Gasteiger partial charge < -0.3 is 9.80 Å². The van der Waals surface area contributed by atoms with Crippen molar-refractivity contribution in [3.63, 3.8) is 0 Å². The first-order valence-electron chi connectivity index (χ1n) is 7.47. The molecule has 1 aliphatic heterocycles. The van der Waals surface area contributed by atoms with E-state index in [-0.39, 0.29) is 12.1 Å². The second-order valence-corrected chi connectivity index (χ2v) is 5.65. The van der Waals surface area contributed by atoms with Gasteiger partial charge in [-0.05, 0) is 16.7 Å². The molecule has 0 spiro atoms. The summed E-state index contributed by atoms with van der Waals surface area (Å²) >= 11 is 0. The lowest BCUT2D eigenvalue weighted by Crippen LogP contribution is -2.29. The van der Waals surface area contributed by atoms with Crippen molar-refractivity contribution in [2.24, 2.45) is 0 Å². The van der Waals surface area contributed by atoms with E-state index in [9.17, 15) is 4.79 Å². The van der Waals surface area contributed by atoms with Crippen LogP contribution in [0.25, 0.3) is 6.08 Å². The van der Waals surface area contributed by atoms with Crippen molar-refractivity contribution in [2.45, 2.75) is 12.6 Å². The van der Waals surface area contributed by atoms with Gasteiger partial charge in [0.2, 0.25) is 0 Å². The van der Waals surface area contributed by atoms with Crippen LogP contribution < -0.4 is 0 Å². The van der Waals surface area contributed by atoms with Crippen LogP contribution in [0.15, 0.2) is 61.2 Å². The van der Waals surface area contributed by atoms with Crippen LogP contribution >= 0.6 is 0 Å². The SMILES string of the molecule is C=Cc1ccc(CN2C[C@@H](c3ccccc3)N(C)C2=O)cc1. The van der Waals surface area contributed by atoms with Crippen molar-refractivity contribution in [3.8, 4) is 0 Å². The van der Waals surface area contributed by atoms with Gasteiger partial charge in [-0.2, -0.15) is 0 Å². The van der Waals surface area contributed by atoms with Gasteiger partial charge in [-0.25, -0.2) is 4.79 Å². The number of carbonyl (C=O) groups excluding carboxylic acids is 1. The minimum atomic E-state index is 0.0849. The van der Waals surface area contributed by atoms with Crippen LogP contribution in [0.1, 0.15) is 22.7 Å². The molecule has 112 valence electrons. The van der Waals surface area contributed by atoms with Gasteiger partial charge in [0, 0.05) is 20.1 Å². The summed E-state index contributed by atoms with van der Waals surface area (Å²) < 4.78 is 0. The quantitative estimate of drug-likeness (QED) is 0.837. The molecule has 0 N–H and O–H groups in total. The van der Waals surface area contributed by atoms with E-state index in [2.05, 4.69) is 30.8 Å². The highest BCUT2D eigenvalue weighted by Gasteiger charge is 2.35. The molecule has 3 heteroatoms. The molecule has 1 fully saturated rings. The Bertz CT molecular complexity index is 664. The van der Waals surface area contributed by atoms with Gasteiger partial charge in [0.15, 0.2) is 0 Å². The Labute approximate surface area is 131 Å². The largest absolute Gasteiger partial charge is 0.320 e. The zero-order valence-electron chi connectivity index (χ0n) is 12.8. The minimum Gasteiger partial charge on any atom is -0.319 e. The third-order valence-electron chi connectivity index (χ3n) is 4.21. The van der Waals surface area contributed by atoms with E-state index in [1.807, 2.05) is 53.3 Å². The third kappa shape index (κ3) is 2.75. The number of amides is 2. The van der Waals surface area contributed by atoms with Crippen molar-refractivity contribution in [2.75, 3.05) is 13.6 Å². The maximum Gasteiger partial charge on any atom is 0.320 e. The summed E-state index contributed by atoms with van der Waals surface area (Å²) in [4.78, 5) is 16.2. The molecule has 3 nitrogen and oxygen atoms in total. The van der Waals surface area contributed by atoms with Gasteiger partial charge in [-0.1, -0.05) is 67.3 Å². The Kier molecular flexibility index (Phi) is 3.96. The van der Waals surface area contributed by atoms with E-state index < -0.39 is 0 Å². The number of rotatable bonds is 4. The highest BCUT2D eigenvalue weighted by molar-refractivity contribution is 5.77. The highest BCUT2D eigenvalue weighted by Crippen LogP contribution is 2.28. The molecule has 1 aliphatic rings. The van der Waals surface area contributed by atoms with Crippen LogP contribution in [-0.4, -0.2) is 29.4 Å². The van der Waals surface area contributed by atoms with E-state index in [0.29, 0.717) is 6.54 Å². The number of hydrogen-bond acceptors (Lipinski definition) is 1. The molecule has 2 aromatic carbocycles. The molecule has 1 atom stereocenters. The summed E-state index contributed by atoms with van der Waals surface area (Å²) in [7, 11) is 1.88. The van der Waals surface area contributed by atoms with Gasteiger partial charge in [0.1, 0.15) is 0 Å². The number of nitrogens with zero attached hydrogens (tertiary/aromatic N) is 2. The fourth-order valence-corrected chi connectivity index (χ4v) is 2.88. The molecule has 22 heavy (non-hydrogen) atoms. The normalized spacial score (nSPS) is 17.9. The Balaban J connectivity index is 1.75. The summed E-state index contributed by atoms with van der Waals surface area (Å²) in [6.07, 6.45) is 1.82. The lowest BCUT2D eigenvalue weighted by atomic mass is 10.1. The molecule has 0 aliphatic carbocycles. The average Bonchev–Trinajstić information content (AvgIpc) is 2.85. The topological polar surface area (TPSA) is 23.6 Å². The summed E-state index contributed by atoms with van der Waals surface area (Å²) in [5, 5.41) is 0. The van der Waals surface area contributed by atoms with Crippen molar-refractivity contribution >= 4 is 12.1 Å². The van der Waals surface area contributed by atoms with Crippen LogP contribution in [0.2, 0.25) is 0 Å². The van der Waals surface area contributed by atoms with Crippen LogP contribution in [0.4, 0.5) is 4.79 Å². The van der Waals surface area contributed by atoms with Crippen molar-refractivity contribution in [3.05, 3.63) is 77.9 Å². The van der Waals surface area contributed by atoms with E-state index in [1.165, 1.54) is 5.56 Å². The average molecular weight is 292 g/mol. The van der Waals surface area contributed by atoms with Gasteiger partial charge in [0.05, 0.1) is 6.04 Å². The van der Waals surface area contributed by atoms with Crippen LogP contribution in [-0.2, 0) is 6.54 Å². The zero-order valence-corrected chi connectivity index (χ0v) is 12.8. The fourth-order valence-electron chi connectivity index (χ4n) is 2.88. The monoisotopic (exact) mass is 292 g/mol. The molecule has 0 radical (unpaired) electrons. The van der Waals surface area contributed by atoms with E-state index in [1.54, 1.807) is 0 Å². The smallest absolute Gasteiger partial charge is 0.319 e. The summed E-state index contributed by atoms with van der Waals surface area (Å²) in [5.74, 6) is 0. The molecular weight excluding hydrogens is 272 g/mol. The number of carbonyl (C=O) groups is 1. The van der Waals surface area contributed by atoms with E-state index in [0.717, 1.165) is 17.7 Å². The molecule has 3 rings (SSSR count). The predicted octanol–water partition coefficient (Wildman–Crippen LogP) is 3.94. The van der Waals surface area contributed by atoms with E-state index in [4.69, 9.17) is 0 Å². The van der Waals surface area contributed by atoms with Gasteiger partial charge in [0.25, 0.3) is 0 Å². The first kappa shape index (κ1) is 14.4. The Morgan fingerprint density at radius 2 is 1.82 bits per heavy atom. The van der Waals surface area contributed by atoms with Crippen molar-refractivity contribution < 1.29 is 4.79 Å². The molecule has 1 saturated heterocycles. The Morgan fingerprint density at radius 1 is 1.14 bits per heavy atom. The van der Waals surface area contributed by atoms with Crippen molar-refractivity contribution in [1.82, 2.24) is 9.80 Å². The molecular formula is C19H20N2O. The summed E-state index contributed by atoms with van der Waals surface area (Å²) in [6.45, 7) is 5.13. The minimum absolute atomic E-state index is 0.0849. The fraction of sp³-hybridized carbons (Fsp3) is 0.211. The van der Waals surface area contributed by atoms with Gasteiger partial charge >= 0.3 is 6.03 Å². The zero-order chi connectivity index (χ0) is 15.5. The van der Waals surface area contributed by atoms with Crippen LogP contribution in [0.3, 0.4) is 0 Å². The second kappa shape index (κ2) is 6.06. The van der Waals surface area contributed by atoms with Crippen molar-refractivity contribution in [1.29, 1.82) is 0 Å². The van der Waals surface area contributed by atoms with Gasteiger partial charge in [-0.3, -0.25) is 0 Å². The predicted molar refractivity (Wildman–Crippen MR) is 89.3 cm³/mol. The summed E-state index contributed by atoms with van der Waals surface area (Å²) in [6, 6.07) is 18.6. The Morgan fingerprint density at radius 3 is 2.45 bits per heavy atom. The van der Waals surface area contributed by atoms with Gasteiger partial charge in [-0.15, -0.1) is 0 Å². The first-order valence-corrected chi connectivity index (χ1v) is 7.47. The standard InChI is InChI=1S/C19H20N2O/c1-3-15-9-11-16(12-10-15)13-21-14-18(20(2)19(21)22)17-7-5-4-6-8-17/h3-12,18H,1,13-14H2,2H3/t18-/m0/s1. The molecule has 0 aromatic heterocycles. The first-order chi connectivity index (χ1) is 10.7. The molecule has 2 amide bonds. The number of hydrogen-bond donors (Lipinski definition) is 0. The number of likely N-dealkylation sites (N-methyl/N-ethyl adjacent to an activating group) is 1. The lowest BCUT2D eigenvalue weighted by Gasteiger charge is -2.17. The Hall–Kier alpha value is -2.55. The lowest BCUT2D eigenvalue weighted by molar-refractivity contribution is 0.194. The second-order valence-electron chi connectivity index (χ2n) is 5.65. The van der Waals surface area contributed by atoms with Crippen LogP contribution in [0, 0.1) is 0 Å². The van der Waals surface area contributed by atoms with E-state index >= 15 is 0 Å². The molecule has 0 bridgehead atoms. The number of urea groups is 1. The molecule has 1 heterocycles. The number of benzene rings is 2. The van der Waals surface area contributed by atoms with Crippen LogP contribution in [0.5, 0.6) is 0 Å². The molecule has 0 saturated carbocycles. The maximum atomic E-state index is 12.5. The highest BCUT2D eigenvalue weighted by atomic mass is 16.2. The molecule has 0 unspecified atom stereocenters. The molecule has 2 aromatic rings. The maximum absolute atomic E-state index is 12.5. The summed E-state index contributed by atoms with van der Waals surface area (Å²) in [5.41, 5.74) is 3.42.